The molecule has 0 aliphatic heterocycles. The van der Waals surface area contributed by atoms with Crippen LogP contribution >= 0.6 is 22.1 Å². The summed E-state index contributed by atoms with van der Waals surface area (Å²) in [5.74, 6) is -1.66. The third-order valence-corrected chi connectivity index (χ3v) is 5.85. The molecule has 0 aromatic heterocycles. The highest BCUT2D eigenvalue weighted by Crippen LogP contribution is 2.36. The van der Waals surface area contributed by atoms with Gasteiger partial charge in [-0.05, 0) is 19.8 Å². The molecule has 0 rings (SSSR count). The van der Waals surface area contributed by atoms with Crippen LogP contribution in [-0.4, -0.2) is 84.5 Å². The lowest BCUT2D eigenvalue weighted by Crippen LogP contribution is -2.05. The van der Waals surface area contributed by atoms with Gasteiger partial charge in [-0.25, -0.2) is 14.4 Å². The van der Waals surface area contributed by atoms with Crippen LogP contribution in [0.2, 0.25) is 0 Å². The molecule has 3 atom stereocenters. The fourth-order valence-corrected chi connectivity index (χ4v) is 3.01. The van der Waals surface area contributed by atoms with Gasteiger partial charge in [0, 0.05) is 43.9 Å². The van der Waals surface area contributed by atoms with Gasteiger partial charge in [-0.1, -0.05) is 27.2 Å². The van der Waals surface area contributed by atoms with Gasteiger partial charge < -0.3 is 28.9 Å². The first kappa shape index (κ1) is 41.3. The number of unbranched alkanes of at least 4 members (excludes halogenated alkanes) is 1. The zero-order valence-corrected chi connectivity index (χ0v) is 23.3. The van der Waals surface area contributed by atoms with E-state index < -0.39 is 46.4 Å². The quantitative estimate of drug-likeness (QED) is 0.0947. The summed E-state index contributed by atoms with van der Waals surface area (Å²) in [6, 6.07) is 0. The smallest absolute Gasteiger partial charge is 0.333 e. The van der Waals surface area contributed by atoms with Crippen molar-refractivity contribution < 1.29 is 57.0 Å². The summed E-state index contributed by atoms with van der Waals surface area (Å²) >= 11 is 0. The highest BCUT2D eigenvalue weighted by atomic mass is 31.2. The SMILES string of the molecule is C.C=C(C)C(=O)OCP(C)(=O)O.C=CC(=O)OCCCCP(C)(=O)O.C=CC(=O)OCCP(C)(=O)O. The Morgan fingerprint density at radius 2 is 1.17 bits per heavy atom. The van der Waals surface area contributed by atoms with Gasteiger partial charge in [-0.2, -0.15) is 0 Å². The molecule has 12 nitrogen and oxygen atoms in total. The van der Waals surface area contributed by atoms with Gasteiger partial charge in [0.25, 0.3) is 0 Å². The average molecular weight is 578 g/mol. The number of esters is 3. The van der Waals surface area contributed by atoms with E-state index in [0.29, 0.717) is 12.8 Å². The molecule has 15 heteroatoms. The Labute approximate surface area is 213 Å². The molecule has 36 heavy (non-hydrogen) atoms. The fourth-order valence-electron chi connectivity index (χ4n) is 1.42. The lowest BCUT2D eigenvalue weighted by atomic mass is 10.4. The van der Waals surface area contributed by atoms with Crippen molar-refractivity contribution in [1.82, 2.24) is 0 Å². The first-order valence-electron chi connectivity index (χ1n) is 10.0. The van der Waals surface area contributed by atoms with E-state index in [0.717, 1.165) is 18.8 Å². The number of hydrogen-bond acceptors (Lipinski definition) is 9. The highest BCUT2D eigenvalue weighted by Gasteiger charge is 2.13. The summed E-state index contributed by atoms with van der Waals surface area (Å²) in [5.41, 5.74) is 0.221. The van der Waals surface area contributed by atoms with Crippen molar-refractivity contribution in [3.63, 3.8) is 0 Å². The highest BCUT2D eigenvalue weighted by molar-refractivity contribution is 7.57. The largest absolute Gasteiger partial charge is 0.463 e. The van der Waals surface area contributed by atoms with Gasteiger partial charge in [-0.3, -0.25) is 13.7 Å². The van der Waals surface area contributed by atoms with Gasteiger partial charge in [0.05, 0.1) is 12.8 Å². The van der Waals surface area contributed by atoms with Crippen molar-refractivity contribution in [2.75, 3.05) is 51.9 Å². The lowest BCUT2D eigenvalue weighted by molar-refractivity contribution is -0.138. The molecule has 0 aromatic carbocycles. The third-order valence-electron chi connectivity index (χ3n) is 3.08. The summed E-state index contributed by atoms with van der Waals surface area (Å²) in [4.78, 5) is 57.9. The molecule has 0 fully saturated rings. The molecule has 3 unspecified atom stereocenters. The predicted octanol–water partition coefficient (Wildman–Crippen LogP) is 3.61. The third kappa shape index (κ3) is 39.4. The van der Waals surface area contributed by atoms with E-state index in [1.54, 1.807) is 0 Å². The normalized spacial score (nSPS) is 14.5. The minimum absolute atomic E-state index is 0. The van der Waals surface area contributed by atoms with E-state index in [1.165, 1.54) is 20.3 Å². The van der Waals surface area contributed by atoms with Crippen LogP contribution in [-0.2, 0) is 42.3 Å². The molecule has 0 bridgehead atoms. The molecular weight excluding hydrogens is 537 g/mol. The van der Waals surface area contributed by atoms with Crippen molar-refractivity contribution in [3.05, 3.63) is 37.5 Å². The molecule has 0 aromatic rings. The first-order chi connectivity index (χ1) is 15.7. The Hall–Kier alpha value is -1.80. The minimum Gasteiger partial charge on any atom is -0.463 e. The van der Waals surface area contributed by atoms with E-state index in [9.17, 15) is 28.1 Å². The maximum atomic E-state index is 10.8. The molecule has 0 saturated carbocycles. The maximum Gasteiger partial charge on any atom is 0.333 e. The Morgan fingerprint density at radius 1 is 0.750 bits per heavy atom. The Kier molecular flexibility index (Phi) is 24.5. The fraction of sp³-hybridized carbons (Fsp3) is 0.571. The van der Waals surface area contributed by atoms with E-state index in [1.807, 2.05) is 0 Å². The van der Waals surface area contributed by atoms with Crippen molar-refractivity contribution in [2.45, 2.75) is 27.2 Å². The second-order valence-corrected chi connectivity index (χ2v) is 14.9. The van der Waals surface area contributed by atoms with Crippen molar-refractivity contribution in [3.8, 4) is 0 Å². The van der Waals surface area contributed by atoms with Crippen LogP contribution in [0.3, 0.4) is 0 Å². The second-order valence-electron chi connectivity index (χ2n) is 7.39. The molecule has 0 heterocycles. The molecular formula is C21H41O12P3. The van der Waals surface area contributed by atoms with E-state index in [4.69, 9.17) is 14.7 Å². The van der Waals surface area contributed by atoms with Crippen LogP contribution in [0.15, 0.2) is 37.5 Å². The van der Waals surface area contributed by atoms with E-state index in [2.05, 4.69) is 33.9 Å². The van der Waals surface area contributed by atoms with Gasteiger partial charge in [0.1, 0.15) is 6.61 Å². The number of hydrogen-bond donors (Lipinski definition) is 3. The van der Waals surface area contributed by atoms with Gasteiger partial charge >= 0.3 is 17.9 Å². The monoisotopic (exact) mass is 578 g/mol. The van der Waals surface area contributed by atoms with Crippen LogP contribution < -0.4 is 0 Å². The second kappa shape index (κ2) is 21.3. The topological polar surface area (TPSA) is 191 Å². The number of carbonyl (C=O) groups is 3. The molecule has 212 valence electrons. The summed E-state index contributed by atoms with van der Waals surface area (Å²) in [7, 11) is -9.18. The first-order valence-corrected chi connectivity index (χ1v) is 16.9. The summed E-state index contributed by atoms with van der Waals surface area (Å²) in [5, 5.41) is 0. The summed E-state index contributed by atoms with van der Waals surface area (Å²) in [6.45, 7) is 15.1. The Balaban J connectivity index is -0.000000211. The molecule has 0 amide bonds. The Bertz CT molecular complexity index is 846. The molecule has 3 N–H and O–H groups in total. The molecule has 0 spiro atoms. The van der Waals surface area contributed by atoms with E-state index >= 15 is 0 Å². The minimum atomic E-state index is -3.24. The summed E-state index contributed by atoms with van der Waals surface area (Å²) in [6.07, 6.45) is 3.13. The zero-order chi connectivity index (χ0) is 28.3. The standard InChI is InChI=1S/C8H15O4P.2C6H11O4P.CH4/c1-3-8(9)12-6-4-5-7-13(2,10)11;1-5(2)6(7)10-4-11(3,8)9;1-3-6(7)10-4-5-11(2,8)9;/h3H,1,4-7H2,2H3,(H,10,11);1,4H2,2-3H3,(H,8,9);3H,1,4-5H2,2H3,(H,8,9);1H4. The number of rotatable bonds is 13. The summed E-state index contributed by atoms with van der Waals surface area (Å²) < 4.78 is 45.6. The van der Waals surface area contributed by atoms with Crippen molar-refractivity contribution in [2.24, 2.45) is 0 Å². The number of ether oxygens (including phenoxy) is 3. The van der Waals surface area contributed by atoms with Crippen molar-refractivity contribution >= 4 is 40.0 Å². The van der Waals surface area contributed by atoms with Gasteiger partial charge in [0.15, 0.2) is 13.7 Å². The van der Waals surface area contributed by atoms with Crippen LogP contribution in [0.5, 0.6) is 0 Å². The van der Waals surface area contributed by atoms with Crippen LogP contribution in [0, 0.1) is 0 Å². The molecule has 0 aliphatic carbocycles. The van der Waals surface area contributed by atoms with Crippen LogP contribution in [0.1, 0.15) is 27.2 Å². The maximum absolute atomic E-state index is 10.8. The molecule has 0 aliphatic rings. The van der Waals surface area contributed by atoms with Crippen LogP contribution in [0.4, 0.5) is 0 Å². The van der Waals surface area contributed by atoms with Crippen LogP contribution in [0.25, 0.3) is 0 Å². The molecule has 0 radical (unpaired) electrons. The Morgan fingerprint density at radius 3 is 1.50 bits per heavy atom. The number of carbonyl (C=O) groups excluding carboxylic acids is 3. The predicted molar refractivity (Wildman–Crippen MR) is 141 cm³/mol. The van der Waals surface area contributed by atoms with Gasteiger partial charge in [0.2, 0.25) is 14.7 Å². The zero-order valence-electron chi connectivity index (χ0n) is 20.6. The lowest BCUT2D eigenvalue weighted by Gasteiger charge is -2.05. The van der Waals surface area contributed by atoms with Gasteiger partial charge in [-0.15, -0.1) is 0 Å². The average Bonchev–Trinajstić information content (AvgIpc) is 2.69. The molecule has 0 saturated heterocycles. The van der Waals surface area contributed by atoms with Crippen molar-refractivity contribution in [1.29, 1.82) is 0 Å². The van der Waals surface area contributed by atoms with E-state index in [-0.39, 0.29) is 38.5 Å².